The summed E-state index contributed by atoms with van der Waals surface area (Å²) in [5.41, 5.74) is 0. The average molecular weight is 228 g/mol. The van der Waals surface area contributed by atoms with Crippen LogP contribution in [0.2, 0.25) is 0 Å². The first kappa shape index (κ1) is 12.4. The zero-order valence-electron chi connectivity index (χ0n) is 9.20. The Balaban J connectivity index is 2.12. The maximum Gasteiger partial charge on any atom is 0.123 e. The maximum atomic E-state index is 12.6. The third kappa shape index (κ3) is 5.67. The number of thioether (sulfide) groups is 1. The normalized spacial score (nSPS) is 10.7. The van der Waals surface area contributed by atoms with Gasteiger partial charge in [0.1, 0.15) is 11.6 Å². The van der Waals surface area contributed by atoms with Crippen molar-refractivity contribution in [2.75, 3.05) is 18.1 Å². The van der Waals surface area contributed by atoms with Gasteiger partial charge in [-0.05, 0) is 35.9 Å². The molecular weight excluding hydrogens is 211 g/mol. The van der Waals surface area contributed by atoms with Gasteiger partial charge in [-0.25, -0.2) is 4.39 Å². The van der Waals surface area contributed by atoms with Crippen LogP contribution in [0.5, 0.6) is 5.75 Å². The number of hydrogen-bond acceptors (Lipinski definition) is 2. The van der Waals surface area contributed by atoms with Crippen LogP contribution in [0.25, 0.3) is 0 Å². The van der Waals surface area contributed by atoms with Crippen LogP contribution in [0.3, 0.4) is 0 Å². The van der Waals surface area contributed by atoms with E-state index in [-0.39, 0.29) is 5.82 Å². The molecule has 0 spiro atoms. The molecule has 15 heavy (non-hydrogen) atoms. The van der Waals surface area contributed by atoms with Gasteiger partial charge in [0, 0.05) is 5.75 Å². The molecular formula is C12H17FOS. The number of halogens is 1. The Morgan fingerprint density at radius 2 is 1.93 bits per heavy atom. The van der Waals surface area contributed by atoms with E-state index in [2.05, 4.69) is 13.8 Å². The smallest absolute Gasteiger partial charge is 0.123 e. The van der Waals surface area contributed by atoms with E-state index in [1.54, 1.807) is 12.1 Å². The quantitative estimate of drug-likeness (QED) is 0.688. The molecule has 0 amide bonds. The third-order valence-electron chi connectivity index (χ3n) is 1.76. The van der Waals surface area contributed by atoms with Crippen molar-refractivity contribution in [3.05, 3.63) is 30.1 Å². The fourth-order valence-corrected chi connectivity index (χ4v) is 1.91. The van der Waals surface area contributed by atoms with Crippen molar-refractivity contribution >= 4 is 11.8 Å². The summed E-state index contributed by atoms with van der Waals surface area (Å²) in [6.07, 6.45) is 0. The van der Waals surface area contributed by atoms with Gasteiger partial charge in [0.15, 0.2) is 0 Å². The van der Waals surface area contributed by atoms with Crippen LogP contribution in [0.4, 0.5) is 4.39 Å². The van der Waals surface area contributed by atoms with E-state index in [9.17, 15) is 4.39 Å². The van der Waals surface area contributed by atoms with Gasteiger partial charge in [0.05, 0.1) is 6.61 Å². The van der Waals surface area contributed by atoms with Crippen molar-refractivity contribution in [2.45, 2.75) is 13.8 Å². The molecule has 0 aliphatic carbocycles. The van der Waals surface area contributed by atoms with Gasteiger partial charge in [0.2, 0.25) is 0 Å². The topological polar surface area (TPSA) is 9.23 Å². The standard InChI is InChI=1S/C12H17FOS/c1-10(2)9-15-8-7-14-12-5-3-11(13)4-6-12/h3-6,10H,7-9H2,1-2H3. The molecule has 0 saturated heterocycles. The summed E-state index contributed by atoms with van der Waals surface area (Å²) in [6, 6.07) is 6.14. The minimum Gasteiger partial charge on any atom is -0.493 e. The fraction of sp³-hybridized carbons (Fsp3) is 0.500. The Kier molecular flexibility index (Phi) is 5.54. The highest BCUT2D eigenvalue weighted by Gasteiger charge is 1.96. The summed E-state index contributed by atoms with van der Waals surface area (Å²) in [5, 5.41) is 0. The zero-order valence-corrected chi connectivity index (χ0v) is 10.0. The van der Waals surface area contributed by atoms with Crippen molar-refractivity contribution in [3.63, 3.8) is 0 Å². The lowest BCUT2D eigenvalue weighted by atomic mass is 10.3. The summed E-state index contributed by atoms with van der Waals surface area (Å²) in [5.74, 6) is 3.38. The molecule has 0 heterocycles. The maximum absolute atomic E-state index is 12.6. The SMILES string of the molecule is CC(C)CSCCOc1ccc(F)cc1. The van der Waals surface area contributed by atoms with Crippen LogP contribution >= 0.6 is 11.8 Å². The Bertz CT molecular complexity index is 271. The van der Waals surface area contributed by atoms with Crippen LogP contribution < -0.4 is 4.74 Å². The summed E-state index contributed by atoms with van der Waals surface area (Å²) in [6.45, 7) is 5.09. The molecule has 0 aliphatic heterocycles. The first-order valence-corrected chi connectivity index (χ1v) is 6.30. The molecule has 0 atom stereocenters. The molecule has 0 bridgehead atoms. The molecule has 0 aromatic heterocycles. The second-order valence-corrected chi connectivity index (χ2v) is 4.92. The van der Waals surface area contributed by atoms with Gasteiger partial charge in [-0.2, -0.15) is 11.8 Å². The molecule has 0 aliphatic rings. The lowest BCUT2D eigenvalue weighted by Crippen LogP contribution is -2.02. The highest BCUT2D eigenvalue weighted by atomic mass is 32.2. The highest BCUT2D eigenvalue weighted by molar-refractivity contribution is 7.99. The van der Waals surface area contributed by atoms with E-state index < -0.39 is 0 Å². The number of rotatable bonds is 6. The zero-order chi connectivity index (χ0) is 11.1. The van der Waals surface area contributed by atoms with Crippen molar-refractivity contribution in [3.8, 4) is 5.75 Å². The number of benzene rings is 1. The summed E-state index contributed by atoms with van der Waals surface area (Å²) < 4.78 is 18.0. The Labute approximate surface area is 95.0 Å². The minimum absolute atomic E-state index is 0.225. The number of ether oxygens (including phenoxy) is 1. The van der Waals surface area contributed by atoms with Crippen molar-refractivity contribution < 1.29 is 9.13 Å². The summed E-state index contributed by atoms with van der Waals surface area (Å²) in [4.78, 5) is 0. The second-order valence-electron chi connectivity index (χ2n) is 3.77. The van der Waals surface area contributed by atoms with Crippen LogP contribution in [0, 0.1) is 11.7 Å². The Morgan fingerprint density at radius 3 is 2.53 bits per heavy atom. The Hall–Kier alpha value is -0.700. The lowest BCUT2D eigenvalue weighted by molar-refractivity contribution is 0.343. The van der Waals surface area contributed by atoms with Crippen molar-refractivity contribution in [1.82, 2.24) is 0 Å². The largest absolute Gasteiger partial charge is 0.493 e. The molecule has 0 radical (unpaired) electrons. The van der Waals surface area contributed by atoms with Gasteiger partial charge >= 0.3 is 0 Å². The summed E-state index contributed by atoms with van der Waals surface area (Å²) >= 11 is 1.88. The van der Waals surface area contributed by atoms with Crippen LogP contribution in [-0.4, -0.2) is 18.1 Å². The van der Waals surface area contributed by atoms with E-state index in [1.165, 1.54) is 12.1 Å². The molecule has 3 heteroatoms. The van der Waals surface area contributed by atoms with Gasteiger partial charge in [-0.1, -0.05) is 13.8 Å². The first-order chi connectivity index (χ1) is 7.18. The van der Waals surface area contributed by atoms with E-state index in [0.717, 1.165) is 23.2 Å². The van der Waals surface area contributed by atoms with Crippen LogP contribution in [0.15, 0.2) is 24.3 Å². The van der Waals surface area contributed by atoms with Gasteiger partial charge in [0.25, 0.3) is 0 Å². The van der Waals surface area contributed by atoms with E-state index in [1.807, 2.05) is 11.8 Å². The molecule has 1 aromatic carbocycles. The molecule has 0 N–H and O–H groups in total. The second kappa shape index (κ2) is 6.72. The van der Waals surface area contributed by atoms with E-state index in [0.29, 0.717) is 6.61 Å². The van der Waals surface area contributed by atoms with Crippen LogP contribution in [-0.2, 0) is 0 Å². The van der Waals surface area contributed by atoms with Gasteiger partial charge in [-0.3, -0.25) is 0 Å². The molecule has 1 nitrogen and oxygen atoms in total. The van der Waals surface area contributed by atoms with E-state index >= 15 is 0 Å². The first-order valence-electron chi connectivity index (χ1n) is 5.14. The predicted molar refractivity (Wildman–Crippen MR) is 64.1 cm³/mol. The fourth-order valence-electron chi connectivity index (χ4n) is 1.07. The molecule has 0 unspecified atom stereocenters. The average Bonchev–Trinajstić information content (AvgIpc) is 2.20. The van der Waals surface area contributed by atoms with Crippen molar-refractivity contribution in [2.24, 2.45) is 5.92 Å². The molecule has 1 rings (SSSR count). The van der Waals surface area contributed by atoms with Gasteiger partial charge < -0.3 is 4.74 Å². The monoisotopic (exact) mass is 228 g/mol. The molecule has 84 valence electrons. The minimum atomic E-state index is -0.225. The molecule has 0 saturated carbocycles. The molecule has 0 fully saturated rings. The van der Waals surface area contributed by atoms with E-state index in [4.69, 9.17) is 4.74 Å². The summed E-state index contributed by atoms with van der Waals surface area (Å²) in [7, 11) is 0. The third-order valence-corrected chi connectivity index (χ3v) is 3.12. The highest BCUT2D eigenvalue weighted by Crippen LogP contribution is 2.12. The van der Waals surface area contributed by atoms with Gasteiger partial charge in [-0.15, -0.1) is 0 Å². The lowest BCUT2D eigenvalue weighted by Gasteiger charge is -2.07. The van der Waals surface area contributed by atoms with Crippen molar-refractivity contribution in [1.29, 1.82) is 0 Å². The predicted octanol–water partition coefficient (Wildman–Crippen LogP) is 3.59. The number of hydrogen-bond donors (Lipinski definition) is 0. The van der Waals surface area contributed by atoms with Crippen LogP contribution in [0.1, 0.15) is 13.8 Å². The molecule has 1 aromatic rings. The Morgan fingerprint density at radius 1 is 1.27 bits per heavy atom.